The van der Waals surface area contributed by atoms with Crippen molar-refractivity contribution in [1.29, 1.82) is 0 Å². The molecule has 0 saturated heterocycles. The maximum Gasteiger partial charge on any atom is 0.264 e. The van der Waals surface area contributed by atoms with Crippen LogP contribution in [0.3, 0.4) is 0 Å². The van der Waals surface area contributed by atoms with E-state index in [1.165, 1.54) is 42.3 Å². The second-order valence-electron chi connectivity index (χ2n) is 9.10. The van der Waals surface area contributed by atoms with Gasteiger partial charge < -0.3 is 15.0 Å². The van der Waals surface area contributed by atoms with Gasteiger partial charge in [0.1, 0.15) is 18.3 Å². The number of nitrogens with one attached hydrogen (secondary N) is 1. The lowest BCUT2D eigenvalue weighted by molar-refractivity contribution is -0.139. The summed E-state index contributed by atoms with van der Waals surface area (Å²) in [7, 11) is -2.76. The van der Waals surface area contributed by atoms with Crippen molar-refractivity contribution >= 4 is 50.7 Å². The number of ether oxygens (including phenoxy) is 1. The lowest BCUT2D eigenvalue weighted by atomic mass is 10.1. The first-order valence-electron chi connectivity index (χ1n) is 12.2. The van der Waals surface area contributed by atoms with Crippen molar-refractivity contribution in [3.8, 4) is 5.75 Å². The topological polar surface area (TPSA) is 96.0 Å². The van der Waals surface area contributed by atoms with E-state index < -0.39 is 28.5 Å². The van der Waals surface area contributed by atoms with Gasteiger partial charge in [-0.3, -0.25) is 13.9 Å². The normalized spacial score (nSPS) is 12.1. The zero-order valence-electron chi connectivity index (χ0n) is 22.1. The van der Waals surface area contributed by atoms with Gasteiger partial charge in [-0.1, -0.05) is 59.6 Å². The number of rotatable bonds is 11. The molecule has 3 aromatic carbocycles. The zero-order chi connectivity index (χ0) is 28.7. The molecule has 1 atom stereocenters. The molecule has 0 bridgehead atoms. The van der Waals surface area contributed by atoms with E-state index in [1.807, 2.05) is 13.8 Å². The molecule has 0 aromatic heterocycles. The van der Waals surface area contributed by atoms with Gasteiger partial charge in [-0.25, -0.2) is 8.42 Å². The number of carbonyl (C=O) groups excluding carboxylic acids is 2. The third-order valence-corrected chi connectivity index (χ3v) is 8.38. The van der Waals surface area contributed by atoms with E-state index in [0.717, 1.165) is 4.31 Å². The summed E-state index contributed by atoms with van der Waals surface area (Å²) in [5.74, 6) is -0.633. The number of amides is 2. The molecule has 3 aromatic rings. The van der Waals surface area contributed by atoms with Crippen molar-refractivity contribution in [3.63, 3.8) is 0 Å². The molecule has 8 nitrogen and oxygen atoms in total. The molecule has 39 heavy (non-hydrogen) atoms. The second kappa shape index (κ2) is 13.2. The van der Waals surface area contributed by atoms with Crippen molar-refractivity contribution < 1.29 is 22.7 Å². The minimum absolute atomic E-state index is 0.00617. The highest BCUT2D eigenvalue weighted by Gasteiger charge is 2.33. The van der Waals surface area contributed by atoms with Gasteiger partial charge in [0.15, 0.2) is 0 Å². The Morgan fingerprint density at radius 2 is 1.56 bits per heavy atom. The smallest absolute Gasteiger partial charge is 0.264 e. The number of benzene rings is 3. The van der Waals surface area contributed by atoms with Crippen LogP contribution in [0.5, 0.6) is 5.75 Å². The minimum Gasteiger partial charge on any atom is -0.495 e. The molecule has 11 heteroatoms. The summed E-state index contributed by atoms with van der Waals surface area (Å²) in [6.45, 7) is 4.61. The van der Waals surface area contributed by atoms with E-state index >= 15 is 0 Å². The van der Waals surface area contributed by atoms with Crippen molar-refractivity contribution in [2.24, 2.45) is 0 Å². The van der Waals surface area contributed by atoms with Crippen LogP contribution >= 0.6 is 23.2 Å². The van der Waals surface area contributed by atoms with Gasteiger partial charge >= 0.3 is 0 Å². The summed E-state index contributed by atoms with van der Waals surface area (Å²) < 4.78 is 33.8. The van der Waals surface area contributed by atoms with Gasteiger partial charge in [0.05, 0.1) is 22.7 Å². The Morgan fingerprint density at radius 3 is 2.15 bits per heavy atom. The average molecular weight is 593 g/mol. The molecule has 0 fully saturated rings. The summed E-state index contributed by atoms with van der Waals surface area (Å²) in [4.78, 5) is 28.2. The number of anilines is 1. The molecular formula is C28H31Cl2N3O5S. The Balaban J connectivity index is 2.07. The van der Waals surface area contributed by atoms with Gasteiger partial charge in [0.25, 0.3) is 10.0 Å². The van der Waals surface area contributed by atoms with Crippen molar-refractivity contribution in [2.45, 2.75) is 44.3 Å². The van der Waals surface area contributed by atoms with E-state index in [4.69, 9.17) is 27.9 Å². The van der Waals surface area contributed by atoms with E-state index in [-0.39, 0.29) is 34.1 Å². The summed E-state index contributed by atoms with van der Waals surface area (Å²) in [6, 6.07) is 18.1. The summed E-state index contributed by atoms with van der Waals surface area (Å²) in [5.41, 5.74) is 0.775. The largest absolute Gasteiger partial charge is 0.495 e. The Bertz CT molecular complexity index is 1420. The molecule has 2 amide bonds. The van der Waals surface area contributed by atoms with Crippen LogP contribution in [-0.2, 0) is 26.2 Å². The van der Waals surface area contributed by atoms with Crippen molar-refractivity contribution in [3.05, 3.63) is 88.4 Å². The fourth-order valence-corrected chi connectivity index (χ4v) is 5.73. The lowest BCUT2D eigenvalue weighted by Gasteiger charge is -2.32. The zero-order valence-corrected chi connectivity index (χ0v) is 24.4. The van der Waals surface area contributed by atoms with Crippen LogP contribution in [0, 0.1) is 0 Å². The quantitative estimate of drug-likeness (QED) is 0.333. The highest BCUT2D eigenvalue weighted by atomic mass is 35.5. The highest BCUT2D eigenvalue weighted by Crippen LogP contribution is 2.32. The van der Waals surface area contributed by atoms with Gasteiger partial charge in [-0.05, 0) is 62.7 Å². The van der Waals surface area contributed by atoms with Crippen molar-refractivity contribution in [1.82, 2.24) is 10.2 Å². The number of halogens is 2. The maximum atomic E-state index is 13.9. The van der Waals surface area contributed by atoms with Gasteiger partial charge in [0.2, 0.25) is 11.8 Å². The molecule has 208 valence electrons. The Kier molecular flexibility index (Phi) is 10.2. The second-order valence-corrected chi connectivity index (χ2v) is 11.8. The summed E-state index contributed by atoms with van der Waals surface area (Å²) >= 11 is 12.7. The first-order valence-corrected chi connectivity index (χ1v) is 14.4. The molecular weight excluding hydrogens is 561 g/mol. The van der Waals surface area contributed by atoms with E-state index in [1.54, 1.807) is 49.4 Å². The molecule has 0 aliphatic rings. The fraction of sp³-hybridized carbons (Fsp3) is 0.286. The molecule has 0 aliphatic heterocycles. The standard InChI is InChI=1S/C28H31Cl2N3O5S/c1-19(2)31-28(35)20(3)32(17-21-10-8-9-13-24(21)29)27(34)18-33(22-14-15-26(38-4)25(30)16-22)39(36,37)23-11-6-5-7-12-23/h5-16,19-20H,17-18H2,1-4H3,(H,31,35)/t20-/m1/s1. The van der Waals surface area contributed by atoms with E-state index in [2.05, 4.69) is 5.32 Å². The Morgan fingerprint density at radius 1 is 0.923 bits per heavy atom. The third kappa shape index (κ3) is 7.44. The number of hydrogen-bond donors (Lipinski definition) is 1. The molecule has 1 N–H and O–H groups in total. The lowest BCUT2D eigenvalue weighted by Crippen LogP contribution is -2.52. The first kappa shape index (κ1) is 30.3. The van der Waals surface area contributed by atoms with Crippen LogP contribution in [0.25, 0.3) is 0 Å². The number of methoxy groups -OCH3 is 1. The molecule has 0 radical (unpaired) electrons. The van der Waals surface area contributed by atoms with Gasteiger partial charge in [-0.15, -0.1) is 0 Å². The predicted octanol–water partition coefficient (Wildman–Crippen LogP) is 5.14. The molecule has 0 saturated carbocycles. The van der Waals surface area contributed by atoms with Crippen LogP contribution in [0.2, 0.25) is 10.0 Å². The summed E-state index contributed by atoms with van der Waals surface area (Å²) in [6.07, 6.45) is 0. The number of hydrogen-bond acceptors (Lipinski definition) is 5. The number of nitrogens with zero attached hydrogens (tertiary/aromatic N) is 2. The van der Waals surface area contributed by atoms with Crippen LogP contribution in [0.15, 0.2) is 77.7 Å². The maximum absolute atomic E-state index is 13.9. The predicted molar refractivity (Wildman–Crippen MR) is 154 cm³/mol. The van der Waals surface area contributed by atoms with E-state index in [9.17, 15) is 18.0 Å². The molecule has 0 spiro atoms. The van der Waals surface area contributed by atoms with Crippen LogP contribution in [-0.4, -0.2) is 50.9 Å². The van der Waals surface area contributed by atoms with Crippen molar-refractivity contribution in [2.75, 3.05) is 18.0 Å². The monoisotopic (exact) mass is 591 g/mol. The first-order chi connectivity index (χ1) is 18.4. The number of carbonyl (C=O) groups is 2. The Labute approximate surface area is 239 Å². The minimum atomic E-state index is -4.21. The molecule has 0 unspecified atom stereocenters. The SMILES string of the molecule is COc1ccc(N(CC(=O)N(Cc2ccccc2Cl)[C@H](C)C(=O)NC(C)C)S(=O)(=O)c2ccccc2)cc1Cl. The molecule has 3 rings (SSSR count). The average Bonchev–Trinajstić information content (AvgIpc) is 2.90. The molecule has 0 heterocycles. The van der Waals surface area contributed by atoms with Gasteiger partial charge in [-0.2, -0.15) is 0 Å². The third-order valence-electron chi connectivity index (χ3n) is 5.93. The van der Waals surface area contributed by atoms with Crippen LogP contribution in [0.1, 0.15) is 26.3 Å². The fourth-order valence-electron chi connectivity index (χ4n) is 3.86. The van der Waals surface area contributed by atoms with Crippen LogP contribution < -0.4 is 14.4 Å². The van der Waals surface area contributed by atoms with Gasteiger partial charge in [0, 0.05) is 17.6 Å². The highest BCUT2D eigenvalue weighted by molar-refractivity contribution is 7.92. The van der Waals surface area contributed by atoms with E-state index in [0.29, 0.717) is 16.3 Å². The Hall–Kier alpha value is -3.27. The number of sulfonamides is 1. The van der Waals surface area contributed by atoms with Crippen LogP contribution in [0.4, 0.5) is 5.69 Å². The summed E-state index contributed by atoms with van der Waals surface area (Å²) in [5, 5.41) is 3.40. The molecule has 0 aliphatic carbocycles.